The maximum absolute atomic E-state index is 12.2. The quantitative estimate of drug-likeness (QED) is 0.411. The molecule has 1 saturated heterocycles. The zero-order valence-corrected chi connectivity index (χ0v) is 14.5. The minimum atomic E-state index is -3.95. The monoisotopic (exact) mass is 370 g/mol. The molecule has 1 aromatic rings. The second-order valence-corrected chi connectivity index (χ2v) is 7.66. The summed E-state index contributed by atoms with van der Waals surface area (Å²) in [4.78, 5) is 36.0. The van der Waals surface area contributed by atoms with Crippen LogP contribution in [0.25, 0.3) is 0 Å². The van der Waals surface area contributed by atoms with Gasteiger partial charge in [0.15, 0.2) is 0 Å². The molecule has 25 heavy (non-hydrogen) atoms. The van der Waals surface area contributed by atoms with Gasteiger partial charge in [-0.15, -0.1) is 4.83 Å². The molecule has 1 heterocycles. The number of benzene rings is 1. The molecular weight excluding hydrogens is 352 g/mol. The number of hydrogen-bond acceptors (Lipinski definition) is 6. The molecule has 0 saturated carbocycles. The van der Waals surface area contributed by atoms with Gasteiger partial charge in [0.05, 0.1) is 10.7 Å². The largest absolute Gasteiger partial charge is 0.340 e. The van der Waals surface area contributed by atoms with Crippen molar-refractivity contribution in [1.29, 1.82) is 0 Å². The highest BCUT2D eigenvalue weighted by atomic mass is 32.2. The first-order chi connectivity index (χ1) is 11.6. The minimum Gasteiger partial charge on any atom is -0.322 e. The lowest BCUT2D eigenvalue weighted by atomic mass is 10.00. The molecule has 1 atom stereocenters. The molecule has 1 aliphatic heterocycles. The van der Waals surface area contributed by atoms with Gasteiger partial charge in [0.2, 0.25) is 10.0 Å². The van der Waals surface area contributed by atoms with Crippen LogP contribution in [0.2, 0.25) is 0 Å². The smallest absolute Gasteiger partial charge is 0.322 e. The number of hydrazine groups is 1. The molecule has 0 bridgehead atoms. The van der Waals surface area contributed by atoms with Crippen molar-refractivity contribution in [2.45, 2.75) is 32.2 Å². The molecule has 0 aliphatic carbocycles. The number of nitrogens with one attached hydrogen (secondary N) is 2. The van der Waals surface area contributed by atoms with Gasteiger partial charge >= 0.3 is 6.03 Å². The number of urea groups is 1. The summed E-state index contributed by atoms with van der Waals surface area (Å²) in [5.41, 5.74) is -0.660. The van der Waals surface area contributed by atoms with E-state index in [0.29, 0.717) is 17.0 Å². The van der Waals surface area contributed by atoms with Crippen LogP contribution in [0.4, 0.5) is 10.5 Å². The first kappa shape index (κ1) is 18.8. The molecule has 1 fully saturated rings. The van der Waals surface area contributed by atoms with Gasteiger partial charge in [-0.25, -0.2) is 13.2 Å². The Kier molecular flexibility index (Phi) is 5.09. The Hall–Kier alpha value is -2.53. The van der Waals surface area contributed by atoms with Crippen molar-refractivity contribution in [2.24, 2.45) is 0 Å². The minimum absolute atomic E-state index is 0.0715. The van der Waals surface area contributed by atoms with E-state index in [9.17, 15) is 28.1 Å². The fourth-order valence-corrected chi connectivity index (χ4v) is 3.27. The summed E-state index contributed by atoms with van der Waals surface area (Å²) in [7, 11) is -3.95. The normalized spacial score (nSPS) is 20.6. The Morgan fingerprint density at radius 2 is 1.88 bits per heavy atom. The molecule has 11 heteroatoms. The predicted octanol–water partition coefficient (Wildman–Crippen LogP) is 0.692. The van der Waals surface area contributed by atoms with Crippen LogP contribution in [-0.2, 0) is 21.2 Å². The predicted molar refractivity (Wildman–Crippen MR) is 87.8 cm³/mol. The van der Waals surface area contributed by atoms with Crippen LogP contribution in [0.5, 0.6) is 0 Å². The van der Waals surface area contributed by atoms with Crippen molar-refractivity contribution in [3.8, 4) is 0 Å². The van der Waals surface area contributed by atoms with E-state index in [1.54, 1.807) is 6.92 Å². The standard InChI is InChI=1S/C14H18N4O6S/c1-3-14(2)12(19)17(13(20)15-14)16-25(23,24)9-8-10-4-6-11(7-5-10)18(21)22/h4-7,16H,3,8-9H2,1-2H3,(H,15,20)/t14-/m0/s1. The summed E-state index contributed by atoms with van der Waals surface area (Å²) >= 11 is 0. The Balaban J connectivity index is 2.01. The van der Waals surface area contributed by atoms with Crippen LogP contribution in [0.3, 0.4) is 0 Å². The molecule has 0 radical (unpaired) electrons. The van der Waals surface area contributed by atoms with Crippen LogP contribution in [0.15, 0.2) is 24.3 Å². The van der Waals surface area contributed by atoms with Crippen molar-refractivity contribution in [3.63, 3.8) is 0 Å². The molecule has 10 nitrogen and oxygen atoms in total. The molecule has 0 spiro atoms. The highest BCUT2D eigenvalue weighted by molar-refractivity contribution is 7.89. The second kappa shape index (κ2) is 6.76. The Bertz CT molecular complexity index is 807. The van der Waals surface area contributed by atoms with Crippen LogP contribution < -0.4 is 10.1 Å². The first-order valence-corrected chi connectivity index (χ1v) is 9.13. The number of carbonyl (C=O) groups is 2. The maximum atomic E-state index is 12.2. The van der Waals surface area contributed by atoms with Crippen LogP contribution in [0.1, 0.15) is 25.8 Å². The van der Waals surface area contributed by atoms with Crippen LogP contribution in [-0.4, -0.2) is 41.6 Å². The zero-order valence-electron chi connectivity index (χ0n) is 13.7. The van der Waals surface area contributed by atoms with E-state index in [2.05, 4.69) is 5.32 Å². The number of hydrogen-bond donors (Lipinski definition) is 2. The SMILES string of the molecule is CC[C@]1(C)NC(=O)N(NS(=O)(=O)CCc2ccc([N+](=O)[O-])cc2)C1=O. The number of rotatable bonds is 7. The Morgan fingerprint density at radius 3 is 2.36 bits per heavy atom. The average Bonchev–Trinajstić information content (AvgIpc) is 2.77. The number of non-ortho nitro benzene ring substituents is 1. The third-order valence-electron chi connectivity index (χ3n) is 4.01. The molecule has 0 unspecified atom stereocenters. The third kappa shape index (κ3) is 4.12. The summed E-state index contributed by atoms with van der Waals surface area (Å²) in [6.07, 6.45) is 0.390. The highest BCUT2D eigenvalue weighted by Gasteiger charge is 2.48. The molecule has 3 amide bonds. The van der Waals surface area contributed by atoms with E-state index in [-0.39, 0.29) is 17.9 Å². The number of amides is 3. The van der Waals surface area contributed by atoms with Gasteiger partial charge in [-0.2, -0.15) is 5.01 Å². The van der Waals surface area contributed by atoms with Gasteiger partial charge in [0.25, 0.3) is 11.6 Å². The van der Waals surface area contributed by atoms with Crippen LogP contribution >= 0.6 is 0 Å². The molecule has 1 aromatic carbocycles. The molecule has 0 aromatic heterocycles. The molecular formula is C14H18N4O6S. The fourth-order valence-electron chi connectivity index (χ4n) is 2.23. The van der Waals surface area contributed by atoms with Gasteiger partial charge in [0, 0.05) is 12.1 Å². The molecule has 1 aliphatic rings. The van der Waals surface area contributed by atoms with Crippen molar-refractivity contribution in [3.05, 3.63) is 39.9 Å². The van der Waals surface area contributed by atoms with E-state index >= 15 is 0 Å². The summed E-state index contributed by atoms with van der Waals surface area (Å²) < 4.78 is 24.3. The van der Waals surface area contributed by atoms with E-state index < -0.39 is 32.4 Å². The fraction of sp³-hybridized carbons (Fsp3) is 0.429. The van der Waals surface area contributed by atoms with E-state index in [0.717, 1.165) is 0 Å². The average molecular weight is 370 g/mol. The number of sulfonamides is 1. The van der Waals surface area contributed by atoms with Crippen LogP contribution in [0, 0.1) is 10.1 Å². The lowest BCUT2D eigenvalue weighted by Gasteiger charge is -2.19. The topological polar surface area (TPSA) is 139 Å². The van der Waals surface area contributed by atoms with Crippen molar-refractivity contribution in [1.82, 2.24) is 15.2 Å². The van der Waals surface area contributed by atoms with Crippen molar-refractivity contribution >= 4 is 27.6 Å². The summed E-state index contributed by atoms with van der Waals surface area (Å²) in [6, 6.07) is 4.64. The molecule has 2 rings (SSSR count). The van der Waals surface area contributed by atoms with Gasteiger partial charge in [-0.1, -0.05) is 19.1 Å². The Labute approximate surface area is 144 Å². The maximum Gasteiger partial charge on any atom is 0.340 e. The summed E-state index contributed by atoms with van der Waals surface area (Å²) in [5.74, 6) is -1.05. The van der Waals surface area contributed by atoms with Crippen molar-refractivity contribution in [2.75, 3.05) is 5.75 Å². The van der Waals surface area contributed by atoms with E-state index in [1.165, 1.54) is 31.2 Å². The third-order valence-corrected chi connectivity index (χ3v) is 5.21. The lowest BCUT2D eigenvalue weighted by Crippen LogP contribution is -2.49. The zero-order chi connectivity index (χ0) is 18.8. The number of nitrogens with zero attached hydrogens (tertiary/aromatic N) is 2. The summed E-state index contributed by atoms with van der Waals surface area (Å²) in [5, 5.41) is 13.5. The van der Waals surface area contributed by atoms with Gasteiger partial charge < -0.3 is 5.32 Å². The molecule has 2 N–H and O–H groups in total. The van der Waals surface area contributed by atoms with Gasteiger partial charge in [0.1, 0.15) is 5.54 Å². The number of nitro groups is 1. The summed E-state index contributed by atoms with van der Waals surface area (Å²) in [6.45, 7) is 3.21. The number of nitro benzene ring substituents is 1. The number of imide groups is 1. The molecule has 136 valence electrons. The highest BCUT2D eigenvalue weighted by Crippen LogP contribution is 2.19. The Morgan fingerprint density at radius 1 is 1.28 bits per heavy atom. The number of carbonyl (C=O) groups excluding carboxylic acids is 2. The second-order valence-electron chi connectivity index (χ2n) is 5.84. The van der Waals surface area contributed by atoms with Crippen molar-refractivity contribution < 1.29 is 22.9 Å². The van der Waals surface area contributed by atoms with E-state index in [1.807, 2.05) is 4.83 Å². The number of aryl methyl sites for hydroxylation is 1. The van der Waals surface area contributed by atoms with Gasteiger partial charge in [-0.3, -0.25) is 14.9 Å². The van der Waals surface area contributed by atoms with E-state index in [4.69, 9.17) is 0 Å². The first-order valence-electron chi connectivity index (χ1n) is 7.48. The lowest BCUT2D eigenvalue weighted by molar-refractivity contribution is -0.384. The van der Waals surface area contributed by atoms with Gasteiger partial charge in [-0.05, 0) is 25.3 Å².